The fourth-order valence-electron chi connectivity index (χ4n) is 2.20. The van der Waals surface area contributed by atoms with Gasteiger partial charge in [0, 0.05) is 11.1 Å². The largest absolute Gasteiger partial charge is 0.496 e. The summed E-state index contributed by atoms with van der Waals surface area (Å²) in [6.45, 7) is 1.84. The monoisotopic (exact) mass is 209 g/mol. The third-order valence-corrected chi connectivity index (χ3v) is 3.23. The molecule has 0 aliphatic heterocycles. The zero-order valence-corrected chi connectivity index (χ0v) is 9.14. The third kappa shape index (κ3) is 1.61. The second-order valence-electron chi connectivity index (χ2n) is 4.31. The summed E-state index contributed by atoms with van der Waals surface area (Å²) in [7, 11) is 1.60. The normalized spacial score (nSPS) is 18.4. The van der Waals surface area contributed by atoms with Crippen molar-refractivity contribution in [2.45, 2.75) is 31.7 Å². The van der Waals surface area contributed by atoms with Gasteiger partial charge in [0.2, 0.25) is 0 Å². The lowest BCUT2D eigenvalue weighted by molar-refractivity contribution is 0.242. The van der Waals surface area contributed by atoms with Gasteiger partial charge < -0.3 is 10.5 Å². The van der Waals surface area contributed by atoms with E-state index in [9.17, 15) is 4.39 Å². The SMILES string of the molecule is COc1c(C)cc(F)cc1C1(N)CCC1. The van der Waals surface area contributed by atoms with Crippen LogP contribution in [0, 0.1) is 12.7 Å². The van der Waals surface area contributed by atoms with Crippen molar-refractivity contribution in [2.75, 3.05) is 7.11 Å². The van der Waals surface area contributed by atoms with Gasteiger partial charge in [-0.05, 0) is 43.9 Å². The van der Waals surface area contributed by atoms with Crippen LogP contribution in [0.3, 0.4) is 0 Å². The first-order chi connectivity index (χ1) is 7.07. The lowest BCUT2D eigenvalue weighted by atomic mass is 9.72. The van der Waals surface area contributed by atoms with Crippen LogP contribution in [-0.2, 0) is 5.54 Å². The molecular weight excluding hydrogens is 193 g/mol. The van der Waals surface area contributed by atoms with Crippen molar-refractivity contribution in [2.24, 2.45) is 5.73 Å². The molecule has 82 valence electrons. The Morgan fingerprint density at radius 3 is 2.53 bits per heavy atom. The summed E-state index contributed by atoms with van der Waals surface area (Å²) in [6, 6.07) is 2.98. The number of hydrogen-bond donors (Lipinski definition) is 1. The minimum Gasteiger partial charge on any atom is -0.496 e. The van der Waals surface area contributed by atoms with Crippen molar-refractivity contribution < 1.29 is 9.13 Å². The highest BCUT2D eigenvalue weighted by atomic mass is 19.1. The van der Waals surface area contributed by atoms with Crippen LogP contribution in [-0.4, -0.2) is 7.11 Å². The van der Waals surface area contributed by atoms with Gasteiger partial charge in [-0.1, -0.05) is 0 Å². The smallest absolute Gasteiger partial charge is 0.127 e. The maximum atomic E-state index is 13.3. The van der Waals surface area contributed by atoms with E-state index >= 15 is 0 Å². The molecule has 0 heterocycles. The zero-order chi connectivity index (χ0) is 11.1. The van der Waals surface area contributed by atoms with Gasteiger partial charge in [0.1, 0.15) is 11.6 Å². The van der Waals surface area contributed by atoms with Gasteiger partial charge in [0.15, 0.2) is 0 Å². The van der Waals surface area contributed by atoms with Crippen LogP contribution in [0.2, 0.25) is 0 Å². The Morgan fingerprint density at radius 1 is 1.40 bits per heavy atom. The summed E-state index contributed by atoms with van der Waals surface area (Å²) < 4.78 is 18.6. The van der Waals surface area contributed by atoms with Crippen LogP contribution in [0.4, 0.5) is 4.39 Å². The minimum absolute atomic E-state index is 0.236. The summed E-state index contributed by atoms with van der Waals surface area (Å²) in [6.07, 6.45) is 2.92. The summed E-state index contributed by atoms with van der Waals surface area (Å²) in [5.41, 5.74) is 7.44. The summed E-state index contributed by atoms with van der Waals surface area (Å²) >= 11 is 0. The highest BCUT2D eigenvalue weighted by Crippen LogP contribution is 2.43. The Balaban J connectivity index is 2.53. The molecule has 1 aromatic carbocycles. The molecule has 1 aliphatic carbocycles. The van der Waals surface area contributed by atoms with Crippen molar-refractivity contribution in [3.63, 3.8) is 0 Å². The summed E-state index contributed by atoms with van der Waals surface area (Å²) in [5.74, 6) is 0.499. The van der Waals surface area contributed by atoms with Crippen molar-refractivity contribution in [1.29, 1.82) is 0 Å². The van der Waals surface area contributed by atoms with E-state index in [1.807, 2.05) is 6.92 Å². The number of methoxy groups -OCH3 is 1. The number of hydrogen-bond acceptors (Lipinski definition) is 2. The number of benzene rings is 1. The number of rotatable bonds is 2. The molecule has 1 aliphatic rings. The van der Waals surface area contributed by atoms with E-state index in [2.05, 4.69) is 0 Å². The van der Waals surface area contributed by atoms with Crippen LogP contribution in [0.5, 0.6) is 5.75 Å². The molecule has 0 radical (unpaired) electrons. The molecule has 2 N–H and O–H groups in total. The highest BCUT2D eigenvalue weighted by Gasteiger charge is 2.37. The predicted octanol–water partition coefficient (Wildman–Crippen LogP) is 2.48. The Hall–Kier alpha value is -1.09. The molecule has 15 heavy (non-hydrogen) atoms. The Kier molecular flexibility index (Phi) is 2.43. The molecule has 0 atom stereocenters. The quantitative estimate of drug-likeness (QED) is 0.812. The van der Waals surface area contributed by atoms with Gasteiger partial charge in [-0.3, -0.25) is 0 Å². The van der Waals surface area contributed by atoms with E-state index in [0.717, 1.165) is 36.1 Å². The second-order valence-corrected chi connectivity index (χ2v) is 4.31. The number of aryl methyl sites for hydroxylation is 1. The van der Waals surface area contributed by atoms with E-state index in [4.69, 9.17) is 10.5 Å². The molecule has 0 bridgehead atoms. The van der Waals surface area contributed by atoms with Gasteiger partial charge in [-0.15, -0.1) is 0 Å². The Bertz CT molecular complexity index is 385. The lowest BCUT2D eigenvalue weighted by Crippen LogP contribution is -2.43. The van der Waals surface area contributed by atoms with Crippen LogP contribution in [0.15, 0.2) is 12.1 Å². The topological polar surface area (TPSA) is 35.2 Å². The molecule has 0 unspecified atom stereocenters. The fraction of sp³-hybridized carbons (Fsp3) is 0.500. The van der Waals surface area contributed by atoms with Crippen LogP contribution in [0.1, 0.15) is 30.4 Å². The molecule has 2 rings (SSSR count). The lowest BCUT2D eigenvalue weighted by Gasteiger charge is -2.39. The van der Waals surface area contributed by atoms with Gasteiger partial charge in [-0.25, -0.2) is 4.39 Å². The van der Waals surface area contributed by atoms with Crippen molar-refractivity contribution in [3.8, 4) is 5.75 Å². The average Bonchev–Trinajstić information content (AvgIpc) is 2.13. The Labute approximate surface area is 89.2 Å². The van der Waals surface area contributed by atoms with Gasteiger partial charge in [0.25, 0.3) is 0 Å². The fourth-order valence-corrected chi connectivity index (χ4v) is 2.20. The second kappa shape index (κ2) is 3.49. The van der Waals surface area contributed by atoms with E-state index in [-0.39, 0.29) is 11.4 Å². The average molecular weight is 209 g/mol. The predicted molar refractivity (Wildman–Crippen MR) is 57.4 cm³/mol. The summed E-state index contributed by atoms with van der Waals surface area (Å²) in [5, 5.41) is 0. The minimum atomic E-state index is -0.377. The van der Waals surface area contributed by atoms with Gasteiger partial charge in [-0.2, -0.15) is 0 Å². The van der Waals surface area contributed by atoms with Gasteiger partial charge in [0.05, 0.1) is 7.11 Å². The molecule has 0 aromatic heterocycles. The molecular formula is C12H16FNO. The maximum absolute atomic E-state index is 13.3. The van der Waals surface area contributed by atoms with Crippen LogP contribution in [0.25, 0.3) is 0 Å². The van der Waals surface area contributed by atoms with E-state index in [1.165, 1.54) is 12.1 Å². The van der Waals surface area contributed by atoms with Crippen LogP contribution < -0.4 is 10.5 Å². The highest BCUT2D eigenvalue weighted by molar-refractivity contribution is 5.46. The summed E-state index contributed by atoms with van der Waals surface area (Å²) in [4.78, 5) is 0. The van der Waals surface area contributed by atoms with E-state index in [0.29, 0.717) is 0 Å². The molecule has 0 saturated heterocycles. The molecule has 1 aromatic rings. The molecule has 3 heteroatoms. The van der Waals surface area contributed by atoms with Crippen LogP contribution >= 0.6 is 0 Å². The van der Waals surface area contributed by atoms with E-state index in [1.54, 1.807) is 7.11 Å². The molecule has 1 fully saturated rings. The van der Waals surface area contributed by atoms with Crippen molar-refractivity contribution >= 4 is 0 Å². The van der Waals surface area contributed by atoms with Crippen molar-refractivity contribution in [1.82, 2.24) is 0 Å². The van der Waals surface area contributed by atoms with E-state index < -0.39 is 0 Å². The zero-order valence-electron chi connectivity index (χ0n) is 9.14. The molecule has 2 nitrogen and oxygen atoms in total. The first-order valence-electron chi connectivity index (χ1n) is 5.20. The molecule has 0 amide bonds. The molecule has 1 saturated carbocycles. The third-order valence-electron chi connectivity index (χ3n) is 3.23. The number of halogens is 1. The molecule has 0 spiro atoms. The maximum Gasteiger partial charge on any atom is 0.127 e. The number of ether oxygens (including phenoxy) is 1. The first kappa shape index (κ1) is 10.4. The van der Waals surface area contributed by atoms with Gasteiger partial charge >= 0.3 is 0 Å². The number of nitrogens with two attached hydrogens (primary N) is 1. The Morgan fingerprint density at radius 2 is 2.07 bits per heavy atom. The standard InChI is InChI=1S/C12H16FNO/c1-8-6-9(13)7-10(11(8)15-2)12(14)4-3-5-12/h6-7H,3-5,14H2,1-2H3. The van der Waals surface area contributed by atoms with Crippen molar-refractivity contribution in [3.05, 3.63) is 29.1 Å². The first-order valence-corrected chi connectivity index (χ1v) is 5.20.